The molecule has 0 saturated heterocycles. The minimum absolute atomic E-state index is 0.285. The quantitative estimate of drug-likeness (QED) is 0.128. The summed E-state index contributed by atoms with van der Waals surface area (Å²) >= 11 is 0. The minimum Gasteiger partial charge on any atom is -0.489 e. The summed E-state index contributed by atoms with van der Waals surface area (Å²) in [7, 11) is 0. The van der Waals surface area contributed by atoms with Crippen molar-refractivity contribution in [2.24, 2.45) is 0 Å². The van der Waals surface area contributed by atoms with Crippen LogP contribution in [0.2, 0.25) is 0 Å². The van der Waals surface area contributed by atoms with Gasteiger partial charge in [0.1, 0.15) is 31.0 Å². The number of carbonyl (C=O) groups excluding carboxylic acids is 2. The van der Waals surface area contributed by atoms with E-state index in [0.29, 0.717) is 31.0 Å². The summed E-state index contributed by atoms with van der Waals surface area (Å²) in [6.45, 7) is 5.01. The Morgan fingerprint density at radius 1 is 0.658 bits per heavy atom. The largest absolute Gasteiger partial charge is 0.489 e. The molecule has 0 radical (unpaired) electrons. The number of benzene rings is 4. The molecular formula is C33H32O5. The van der Waals surface area contributed by atoms with Crippen molar-refractivity contribution in [1.29, 1.82) is 0 Å². The number of hydrogen-bond donors (Lipinski definition) is 0. The van der Waals surface area contributed by atoms with Gasteiger partial charge in [0.2, 0.25) is 0 Å². The summed E-state index contributed by atoms with van der Waals surface area (Å²) in [4.78, 5) is 22.0. The van der Waals surface area contributed by atoms with Crippen LogP contribution in [0.3, 0.4) is 0 Å². The summed E-state index contributed by atoms with van der Waals surface area (Å²) in [6.07, 6.45) is 2.62. The molecule has 0 saturated carbocycles. The number of esters is 1. The Labute approximate surface area is 224 Å². The Balaban J connectivity index is 0.000000221. The highest BCUT2D eigenvalue weighted by Gasteiger charge is 2.04. The Bertz CT molecular complexity index is 1280. The van der Waals surface area contributed by atoms with Crippen molar-refractivity contribution in [1.82, 2.24) is 0 Å². The molecule has 0 aliphatic heterocycles. The smallest absolute Gasteiger partial charge is 0.333 e. The van der Waals surface area contributed by atoms with Gasteiger partial charge in [-0.1, -0.05) is 72.8 Å². The number of hydrogen-bond acceptors (Lipinski definition) is 5. The number of aldehydes is 1. The fourth-order valence-corrected chi connectivity index (χ4v) is 3.34. The second-order valence-electron chi connectivity index (χ2n) is 8.35. The first-order chi connectivity index (χ1) is 18.6. The molecule has 5 heteroatoms. The van der Waals surface area contributed by atoms with E-state index in [-0.39, 0.29) is 5.97 Å². The van der Waals surface area contributed by atoms with E-state index in [0.717, 1.165) is 34.5 Å². The van der Waals surface area contributed by atoms with Crippen molar-refractivity contribution < 1.29 is 23.8 Å². The molecular weight excluding hydrogens is 476 g/mol. The van der Waals surface area contributed by atoms with Gasteiger partial charge >= 0.3 is 5.97 Å². The summed E-state index contributed by atoms with van der Waals surface area (Å²) in [5.41, 5.74) is 4.44. The molecule has 0 aliphatic carbocycles. The topological polar surface area (TPSA) is 61.8 Å². The van der Waals surface area contributed by atoms with Crippen LogP contribution >= 0.6 is 0 Å². The van der Waals surface area contributed by atoms with E-state index in [1.165, 1.54) is 0 Å². The number of ether oxygens (including phenoxy) is 3. The van der Waals surface area contributed by atoms with Crippen molar-refractivity contribution in [3.8, 4) is 11.5 Å². The zero-order valence-electron chi connectivity index (χ0n) is 21.7. The van der Waals surface area contributed by atoms with Gasteiger partial charge in [-0.2, -0.15) is 0 Å². The molecule has 0 spiro atoms. The predicted octanol–water partition coefficient (Wildman–Crippen LogP) is 7.31. The molecule has 0 aromatic heterocycles. The van der Waals surface area contributed by atoms with Gasteiger partial charge in [0.05, 0.1) is 6.61 Å². The lowest BCUT2D eigenvalue weighted by molar-refractivity contribution is -0.138. The molecule has 0 bridgehead atoms. The maximum atomic E-state index is 11.6. The molecule has 0 aliphatic rings. The normalized spacial score (nSPS) is 10.5. The van der Waals surface area contributed by atoms with Gasteiger partial charge in [-0.15, -0.1) is 0 Å². The maximum Gasteiger partial charge on any atom is 0.333 e. The second-order valence-corrected chi connectivity index (χ2v) is 8.35. The first-order valence-electron chi connectivity index (χ1n) is 12.4. The van der Waals surface area contributed by atoms with Crippen LogP contribution < -0.4 is 9.47 Å². The van der Waals surface area contributed by atoms with Crippen LogP contribution in [0, 0.1) is 0 Å². The van der Waals surface area contributed by atoms with Gasteiger partial charge in [0.15, 0.2) is 0 Å². The zero-order valence-corrected chi connectivity index (χ0v) is 21.7. The molecule has 0 unspecified atom stereocenters. The molecule has 38 heavy (non-hydrogen) atoms. The average Bonchev–Trinajstić information content (AvgIpc) is 2.97. The highest BCUT2D eigenvalue weighted by molar-refractivity contribution is 5.93. The standard InChI is InChI=1S/C19H20O3.C14H12O2/c1-3-21-19(20)15(2)13-16-9-11-18(12-10-16)22-14-17-7-5-4-6-8-17;15-10-12-6-8-14(9-7-12)16-11-13-4-2-1-3-5-13/h4-13H,3,14H2,1-2H3;1-10H,11H2/b15-13+;. The Hall–Kier alpha value is -4.64. The molecule has 0 N–H and O–H groups in total. The lowest BCUT2D eigenvalue weighted by atomic mass is 10.1. The Morgan fingerprint density at radius 3 is 1.53 bits per heavy atom. The van der Waals surface area contributed by atoms with E-state index < -0.39 is 0 Å². The van der Waals surface area contributed by atoms with Gasteiger partial charge in [-0.25, -0.2) is 4.79 Å². The van der Waals surface area contributed by atoms with Crippen molar-refractivity contribution in [3.05, 3.63) is 137 Å². The molecule has 4 aromatic carbocycles. The lowest BCUT2D eigenvalue weighted by Gasteiger charge is -2.07. The van der Waals surface area contributed by atoms with Crippen LogP contribution in [0.5, 0.6) is 11.5 Å². The average molecular weight is 509 g/mol. The van der Waals surface area contributed by atoms with Gasteiger partial charge in [0.25, 0.3) is 0 Å². The van der Waals surface area contributed by atoms with E-state index in [4.69, 9.17) is 14.2 Å². The van der Waals surface area contributed by atoms with E-state index in [1.807, 2.05) is 84.9 Å². The SMILES string of the molecule is CCOC(=O)/C(C)=C/c1ccc(OCc2ccccc2)cc1.O=Cc1ccc(OCc2ccccc2)cc1. The molecule has 0 fully saturated rings. The zero-order chi connectivity index (χ0) is 27.0. The third-order valence-electron chi connectivity index (χ3n) is 5.37. The van der Waals surface area contributed by atoms with E-state index in [9.17, 15) is 9.59 Å². The van der Waals surface area contributed by atoms with Crippen LogP contribution in [0.15, 0.2) is 115 Å². The molecule has 0 heterocycles. The molecule has 4 rings (SSSR count). The third kappa shape index (κ3) is 9.78. The van der Waals surface area contributed by atoms with Crippen LogP contribution in [-0.4, -0.2) is 18.9 Å². The predicted molar refractivity (Wildman–Crippen MR) is 150 cm³/mol. The lowest BCUT2D eigenvalue weighted by Crippen LogP contribution is -2.04. The van der Waals surface area contributed by atoms with Crippen LogP contribution in [0.4, 0.5) is 0 Å². The first kappa shape index (κ1) is 27.9. The summed E-state index contributed by atoms with van der Waals surface area (Å²) in [5, 5.41) is 0. The van der Waals surface area contributed by atoms with Gasteiger partial charge in [0, 0.05) is 11.1 Å². The number of rotatable bonds is 10. The van der Waals surface area contributed by atoms with Gasteiger partial charge in [-0.05, 0) is 73.0 Å². The molecule has 0 amide bonds. The molecule has 4 aromatic rings. The number of carbonyl (C=O) groups is 2. The summed E-state index contributed by atoms with van der Waals surface area (Å²) in [6, 6.07) is 34.7. The third-order valence-corrected chi connectivity index (χ3v) is 5.37. The van der Waals surface area contributed by atoms with E-state index in [1.54, 1.807) is 44.2 Å². The van der Waals surface area contributed by atoms with E-state index in [2.05, 4.69) is 0 Å². The maximum absolute atomic E-state index is 11.6. The highest BCUT2D eigenvalue weighted by atomic mass is 16.5. The van der Waals surface area contributed by atoms with Crippen molar-refractivity contribution in [2.75, 3.05) is 6.61 Å². The van der Waals surface area contributed by atoms with Crippen molar-refractivity contribution in [2.45, 2.75) is 27.1 Å². The Kier molecular flexibility index (Phi) is 11.4. The Morgan fingerprint density at radius 2 is 1.11 bits per heavy atom. The summed E-state index contributed by atoms with van der Waals surface area (Å²) in [5.74, 6) is 1.29. The van der Waals surface area contributed by atoms with Gasteiger partial charge in [-0.3, -0.25) is 4.79 Å². The fraction of sp³-hybridized carbons (Fsp3) is 0.152. The second kappa shape index (κ2) is 15.5. The van der Waals surface area contributed by atoms with Crippen LogP contribution in [0.25, 0.3) is 6.08 Å². The monoisotopic (exact) mass is 508 g/mol. The summed E-state index contributed by atoms with van der Waals surface area (Å²) < 4.78 is 16.3. The van der Waals surface area contributed by atoms with Crippen molar-refractivity contribution >= 4 is 18.3 Å². The van der Waals surface area contributed by atoms with Crippen molar-refractivity contribution in [3.63, 3.8) is 0 Å². The van der Waals surface area contributed by atoms with E-state index >= 15 is 0 Å². The van der Waals surface area contributed by atoms with Crippen LogP contribution in [-0.2, 0) is 22.7 Å². The fourth-order valence-electron chi connectivity index (χ4n) is 3.34. The highest BCUT2D eigenvalue weighted by Crippen LogP contribution is 2.17. The minimum atomic E-state index is -0.285. The molecule has 5 nitrogen and oxygen atoms in total. The first-order valence-corrected chi connectivity index (χ1v) is 12.4. The molecule has 0 atom stereocenters. The molecule has 194 valence electrons. The van der Waals surface area contributed by atoms with Gasteiger partial charge < -0.3 is 14.2 Å². The van der Waals surface area contributed by atoms with Crippen LogP contribution in [0.1, 0.15) is 40.9 Å².